The van der Waals surface area contributed by atoms with Gasteiger partial charge in [0.25, 0.3) is 0 Å². The highest BCUT2D eigenvalue weighted by atomic mass is 19.1. The second-order valence-corrected chi connectivity index (χ2v) is 10.2. The largest absolute Gasteiger partial charge is 0.482 e. The van der Waals surface area contributed by atoms with Crippen LogP contribution in [0.25, 0.3) is 22.5 Å². The highest BCUT2D eigenvalue weighted by Gasteiger charge is 2.56. The molecule has 2 N–H and O–H groups in total. The van der Waals surface area contributed by atoms with Gasteiger partial charge in [0.1, 0.15) is 11.9 Å². The summed E-state index contributed by atoms with van der Waals surface area (Å²) in [6.45, 7) is 4.78. The van der Waals surface area contributed by atoms with E-state index in [-0.39, 0.29) is 17.2 Å². The Kier molecular flexibility index (Phi) is 4.09. The van der Waals surface area contributed by atoms with Crippen molar-refractivity contribution in [1.29, 1.82) is 0 Å². The third kappa shape index (κ3) is 2.85. The van der Waals surface area contributed by atoms with Crippen LogP contribution in [0.2, 0.25) is 0 Å². The highest BCUT2D eigenvalue weighted by Crippen LogP contribution is 2.64. The minimum atomic E-state index is -0.459. The van der Waals surface area contributed by atoms with E-state index in [1.165, 1.54) is 17.3 Å². The number of aromatic nitrogens is 5. The summed E-state index contributed by atoms with van der Waals surface area (Å²) in [6.07, 6.45) is 6.79. The highest BCUT2D eigenvalue weighted by molar-refractivity contribution is 5.75. The molecule has 1 unspecified atom stereocenters. The van der Waals surface area contributed by atoms with Crippen LogP contribution in [0.15, 0.2) is 36.7 Å². The lowest BCUT2D eigenvalue weighted by molar-refractivity contribution is 0.227. The summed E-state index contributed by atoms with van der Waals surface area (Å²) in [7, 11) is 1.95. The van der Waals surface area contributed by atoms with Gasteiger partial charge in [0.15, 0.2) is 11.6 Å². The molecule has 2 bridgehead atoms. The van der Waals surface area contributed by atoms with Gasteiger partial charge in [0, 0.05) is 65.1 Å². The zero-order chi connectivity index (χ0) is 24.1. The monoisotopic (exact) mass is 470 g/mol. The van der Waals surface area contributed by atoms with Crippen molar-refractivity contribution < 1.29 is 9.13 Å². The molecule has 0 amide bonds. The number of pyridine rings is 1. The van der Waals surface area contributed by atoms with Gasteiger partial charge in [-0.3, -0.25) is 9.36 Å². The van der Waals surface area contributed by atoms with Crippen LogP contribution in [0.5, 0.6) is 5.75 Å². The molecule has 1 fully saturated rings. The molecule has 1 aliphatic heterocycles. The average Bonchev–Trinajstić information content (AvgIpc) is 3.21. The van der Waals surface area contributed by atoms with Crippen molar-refractivity contribution in [3.63, 3.8) is 0 Å². The number of nitrogen functional groups attached to an aromatic ring is 1. The van der Waals surface area contributed by atoms with E-state index in [4.69, 9.17) is 20.7 Å². The molecule has 35 heavy (non-hydrogen) atoms. The van der Waals surface area contributed by atoms with Gasteiger partial charge in [-0.1, -0.05) is 0 Å². The maximum Gasteiger partial charge on any atom is 0.166 e. The van der Waals surface area contributed by atoms with Crippen LogP contribution < -0.4 is 10.5 Å². The summed E-state index contributed by atoms with van der Waals surface area (Å²) < 4.78 is 24.8. The fraction of sp³-hybridized carbons (Fsp3) is 0.370. The summed E-state index contributed by atoms with van der Waals surface area (Å²) in [6, 6.07) is 6.82. The van der Waals surface area contributed by atoms with Crippen LogP contribution in [-0.2, 0) is 19.0 Å². The van der Waals surface area contributed by atoms with E-state index in [9.17, 15) is 4.39 Å². The molecule has 0 radical (unpaired) electrons. The zero-order valence-electron chi connectivity index (χ0n) is 20.0. The van der Waals surface area contributed by atoms with E-state index in [1.807, 2.05) is 37.0 Å². The number of benzene rings is 1. The Balaban J connectivity index is 1.59. The molecule has 2 atom stereocenters. The molecule has 178 valence electrons. The van der Waals surface area contributed by atoms with Crippen LogP contribution in [0.4, 0.5) is 10.2 Å². The Labute approximate surface area is 202 Å². The lowest BCUT2D eigenvalue weighted by Crippen LogP contribution is -2.12. The standard InChI is InChI=1S/C27H27FN6O/c1-4-34-24-15-9-21(26(29)30-12-15)35-14(2)18-10-16(28)5-6-17(18)23-20(13-33(3)31-23)19-11-27(7-8-27)25(32-34)22(19)24/h5-6,9-10,12-14,19H,4,7-8,11H2,1-3H3,(H2,29,30)/t14-,19?/m1/s1. The van der Waals surface area contributed by atoms with Gasteiger partial charge in [0.05, 0.1) is 17.1 Å². The Bertz CT molecular complexity index is 1510. The third-order valence-electron chi connectivity index (χ3n) is 7.99. The van der Waals surface area contributed by atoms with Crippen LogP contribution in [-0.4, -0.2) is 24.5 Å². The van der Waals surface area contributed by atoms with Crippen LogP contribution in [0, 0.1) is 5.82 Å². The summed E-state index contributed by atoms with van der Waals surface area (Å²) in [5.41, 5.74) is 14.5. The Morgan fingerprint density at radius 1 is 1.20 bits per heavy atom. The molecule has 2 aliphatic carbocycles. The van der Waals surface area contributed by atoms with Crippen molar-refractivity contribution >= 4 is 5.82 Å². The fourth-order valence-corrected chi connectivity index (χ4v) is 6.17. The molecular weight excluding hydrogens is 443 g/mol. The molecule has 1 saturated carbocycles. The molecule has 7 rings (SSSR count). The molecule has 4 heterocycles. The Morgan fingerprint density at radius 2 is 2.03 bits per heavy atom. The number of aryl methyl sites for hydroxylation is 2. The predicted molar refractivity (Wildman–Crippen MR) is 131 cm³/mol. The van der Waals surface area contributed by atoms with Crippen molar-refractivity contribution in [2.75, 3.05) is 5.73 Å². The van der Waals surface area contributed by atoms with E-state index in [2.05, 4.69) is 22.8 Å². The van der Waals surface area contributed by atoms with Gasteiger partial charge in [-0.15, -0.1) is 0 Å². The van der Waals surface area contributed by atoms with Crippen molar-refractivity contribution in [2.45, 2.75) is 57.1 Å². The fourth-order valence-electron chi connectivity index (χ4n) is 6.17. The number of hydrogen-bond donors (Lipinski definition) is 1. The lowest BCUT2D eigenvalue weighted by atomic mass is 9.87. The molecule has 0 saturated heterocycles. The molecule has 1 spiro atoms. The number of ether oxygens (including phenoxy) is 1. The number of hydrogen-bond acceptors (Lipinski definition) is 5. The average molecular weight is 471 g/mol. The first-order valence-electron chi connectivity index (χ1n) is 12.3. The number of rotatable bonds is 1. The Hall–Kier alpha value is -3.68. The summed E-state index contributed by atoms with van der Waals surface area (Å²) in [5, 5.41) is 10.0. The van der Waals surface area contributed by atoms with E-state index < -0.39 is 6.10 Å². The summed E-state index contributed by atoms with van der Waals surface area (Å²) in [4.78, 5) is 4.49. The SMILES string of the molecule is CCn1nc2c3c1-c1cnc(N)c(c1)O[C@H](C)c1cc(F)ccc1-c1nn(C)cc1C3CC21CC1. The van der Waals surface area contributed by atoms with Crippen molar-refractivity contribution in [2.24, 2.45) is 7.05 Å². The second-order valence-electron chi connectivity index (χ2n) is 10.2. The van der Waals surface area contributed by atoms with Gasteiger partial charge in [-0.25, -0.2) is 9.37 Å². The minimum absolute atomic E-state index is 0.127. The minimum Gasteiger partial charge on any atom is -0.482 e. The van der Waals surface area contributed by atoms with Crippen molar-refractivity contribution in [3.8, 4) is 28.3 Å². The first kappa shape index (κ1) is 20.7. The zero-order valence-corrected chi connectivity index (χ0v) is 20.0. The van der Waals surface area contributed by atoms with E-state index in [0.29, 0.717) is 11.6 Å². The van der Waals surface area contributed by atoms with Crippen LogP contribution >= 0.6 is 0 Å². The summed E-state index contributed by atoms with van der Waals surface area (Å²) in [5.74, 6) is 0.625. The predicted octanol–water partition coefficient (Wildman–Crippen LogP) is 5.11. The normalized spacial score (nSPS) is 20.9. The molecule has 1 aromatic carbocycles. The van der Waals surface area contributed by atoms with Gasteiger partial charge in [-0.2, -0.15) is 10.2 Å². The first-order valence-corrected chi connectivity index (χ1v) is 12.3. The number of halogens is 1. The van der Waals surface area contributed by atoms with Crippen molar-refractivity contribution in [3.05, 3.63) is 64.9 Å². The van der Waals surface area contributed by atoms with Gasteiger partial charge < -0.3 is 10.5 Å². The van der Waals surface area contributed by atoms with Crippen LogP contribution in [0.1, 0.15) is 67.5 Å². The number of anilines is 1. The second kappa shape index (κ2) is 6.93. The first-order chi connectivity index (χ1) is 16.9. The number of nitrogens with two attached hydrogens (primary N) is 1. The van der Waals surface area contributed by atoms with Crippen molar-refractivity contribution in [1.82, 2.24) is 24.5 Å². The van der Waals surface area contributed by atoms with Gasteiger partial charge in [0.2, 0.25) is 0 Å². The maximum absolute atomic E-state index is 14.5. The smallest absolute Gasteiger partial charge is 0.166 e. The molecule has 7 nitrogen and oxygen atoms in total. The van der Waals surface area contributed by atoms with Gasteiger partial charge in [-0.05, 0) is 57.4 Å². The number of nitrogens with zero attached hydrogens (tertiary/aromatic N) is 5. The molecular formula is C27H27FN6O. The molecule has 8 heteroatoms. The van der Waals surface area contributed by atoms with Crippen LogP contribution in [0.3, 0.4) is 0 Å². The van der Waals surface area contributed by atoms with Gasteiger partial charge >= 0.3 is 0 Å². The third-order valence-corrected chi connectivity index (χ3v) is 7.99. The topological polar surface area (TPSA) is 83.8 Å². The molecule has 3 aromatic heterocycles. The van der Waals surface area contributed by atoms with E-state index in [0.717, 1.165) is 59.4 Å². The maximum atomic E-state index is 14.5. The van der Waals surface area contributed by atoms with E-state index >= 15 is 0 Å². The quantitative estimate of drug-likeness (QED) is 0.418. The Morgan fingerprint density at radius 3 is 2.80 bits per heavy atom. The number of fused-ring (bicyclic) bond motifs is 8. The molecule has 3 aliphatic rings. The lowest BCUT2D eigenvalue weighted by Gasteiger charge is -2.22. The summed E-state index contributed by atoms with van der Waals surface area (Å²) >= 11 is 0. The molecule has 4 aromatic rings. The van der Waals surface area contributed by atoms with E-state index in [1.54, 1.807) is 6.07 Å².